The molecule has 1 N–H and O–H groups in total. The van der Waals surface area contributed by atoms with Crippen molar-refractivity contribution in [2.75, 3.05) is 37.7 Å². The molecule has 0 spiro atoms. The highest BCUT2D eigenvalue weighted by Crippen LogP contribution is 2.27. The van der Waals surface area contributed by atoms with E-state index in [9.17, 15) is 9.90 Å². The van der Waals surface area contributed by atoms with E-state index in [1.807, 2.05) is 51.4 Å². The first-order chi connectivity index (χ1) is 17.3. The van der Waals surface area contributed by atoms with Gasteiger partial charge in [-0.25, -0.2) is 4.79 Å². The third kappa shape index (κ3) is 5.63. The van der Waals surface area contributed by atoms with Gasteiger partial charge < -0.3 is 19.3 Å². The first kappa shape index (κ1) is 25.9. The number of piperazine rings is 1. The maximum absolute atomic E-state index is 13.0. The Morgan fingerprint density at radius 1 is 1.25 bits per heavy atom. The third-order valence-electron chi connectivity index (χ3n) is 6.93. The molecule has 1 aromatic carbocycles. The lowest BCUT2D eigenvalue weighted by Crippen LogP contribution is -2.52. The van der Waals surface area contributed by atoms with Crippen LogP contribution in [0.25, 0.3) is 16.3 Å². The van der Waals surface area contributed by atoms with Crippen LogP contribution in [0, 0.1) is 0 Å². The van der Waals surface area contributed by atoms with Crippen LogP contribution in [0.1, 0.15) is 53.2 Å². The Bertz CT molecular complexity index is 1290. The molecule has 0 amide bonds. The van der Waals surface area contributed by atoms with E-state index in [4.69, 9.17) is 4.42 Å². The van der Waals surface area contributed by atoms with Gasteiger partial charge in [-0.1, -0.05) is 25.5 Å². The van der Waals surface area contributed by atoms with Gasteiger partial charge in [-0.2, -0.15) is 0 Å². The summed E-state index contributed by atoms with van der Waals surface area (Å²) in [6, 6.07) is 8.33. The molecule has 7 heteroatoms. The highest BCUT2D eigenvalue weighted by molar-refractivity contribution is 5.99. The fraction of sp³-hybridized carbons (Fsp3) is 0.448. The van der Waals surface area contributed by atoms with Crippen LogP contribution < -0.4 is 10.5 Å². The Labute approximate surface area is 213 Å². The monoisotopic (exact) mass is 490 g/mol. The molecular weight excluding hydrogens is 452 g/mol. The van der Waals surface area contributed by atoms with Gasteiger partial charge in [0.2, 0.25) is 0 Å². The number of unbranched alkanes of at least 4 members (excludes halogenated alkanes) is 1. The minimum Gasteiger partial charge on any atom is -0.423 e. The molecule has 7 nitrogen and oxygen atoms in total. The third-order valence-corrected chi connectivity index (χ3v) is 6.93. The summed E-state index contributed by atoms with van der Waals surface area (Å²) >= 11 is 0. The molecule has 0 radical (unpaired) electrons. The predicted molar refractivity (Wildman–Crippen MR) is 148 cm³/mol. The van der Waals surface area contributed by atoms with Gasteiger partial charge in [-0.05, 0) is 57.7 Å². The first-order valence-corrected chi connectivity index (χ1v) is 12.9. The summed E-state index contributed by atoms with van der Waals surface area (Å²) in [5.41, 5.74) is 4.54. The lowest BCUT2D eigenvalue weighted by Gasteiger charge is -2.40. The summed E-state index contributed by atoms with van der Waals surface area (Å²) < 4.78 is 5.80. The average molecular weight is 491 g/mol. The Morgan fingerprint density at radius 2 is 2.06 bits per heavy atom. The van der Waals surface area contributed by atoms with Crippen molar-refractivity contribution in [3.63, 3.8) is 0 Å². The van der Waals surface area contributed by atoms with Gasteiger partial charge in [0.05, 0.1) is 29.1 Å². The quantitative estimate of drug-likeness (QED) is 0.590. The number of aliphatic imine (C=N–C) groups is 1. The number of aliphatic hydroxyl groups is 1. The SMILES string of the molecule is CCC/C=C1\C(C)=NC(C)=CN1/C=C(\C)c1cc2ccc(N3CCN(CCO)[C@@H](C)C3)cc2c(=O)o1. The van der Waals surface area contributed by atoms with Gasteiger partial charge in [0.15, 0.2) is 0 Å². The van der Waals surface area contributed by atoms with Crippen molar-refractivity contribution in [1.82, 2.24) is 9.80 Å². The highest BCUT2D eigenvalue weighted by atomic mass is 16.4. The Balaban J connectivity index is 1.61. The molecule has 1 fully saturated rings. The van der Waals surface area contributed by atoms with Crippen LogP contribution in [0.15, 0.2) is 68.3 Å². The van der Waals surface area contributed by atoms with Crippen LogP contribution in [0.5, 0.6) is 0 Å². The zero-order chi connectivity index (χ0) is 25.8. The summed E-state index contributed by atoms with van der Waals surface area (Å²) in [6.07, 6.45) is 8.25. The van der Waals surface area contributed by atoms with E-state index in [0.717, 1.165) is 66.2 Å². The normalized spacial score (nSPS) is 20.8. The highest BCUT2D eigenvalue weighted by Gasteiger charge is 2.24. The summed E-state index contributed by atoms with van der Waals surface area (Å²) in [7, 11) is 0. The van der Waals surface area contributed by atoms with Crippen LogP contribution in [-0.4, -0.2) is 59.4 Å². The van der Waals surface area contributed by atoms with Gasteiger partial charge in [0.1, 0.15) is 5.76 Å². The molecule has 4 rings (SSSR count). The Hall–Kier alpha value is -3.16. The molecule has 0 bridgehead atoms. The Kier molecular flexibility index (Phi) is 8.11. The van der Waals surface area contributed by atoms with E-state index in [1.165, 1.54) is 0 Å². The molecule has 3 heterocycles. The predicted octanol–water partition coefficient (Wildman–Crippen LogP) is 4.98. The second-order valence-electron chi connectivity index (χ2n) is 9.79. The van der Waals surface area contributed by atoms with Crippen LogP contribution in [0.4, 0.5) is 5.69 Å². The number of anilines is 1. The lowest BCUT2D eigenvalue weighted by molar-refractivity contribution is 0.146. The molecule has 2 aromatic rings. The minimum absolute atomic E-state index is 0.175. The van der Waals surface area contributed by atoms with Crippen molar-refractivity contribution < 1.29 is 9.52 Å². The number of rotatable bonds is 7. The second kappa shape index (κ2) is 11.3. The number of aliphatic hydroxyl groups excluding tert-OH is 1. The molecule has 0 unspecified atom stereocenters. The average Bonchev–Trinajstić information content (AvgIpc) is 2.84. The largest absolute Gasteiger partial charge is 0.423 e. The summed E-state index contributed by atoms with van der Waals surface area (Å²) in [5.74, 6) is 0.563. The zero-order valence-electron chi connectivity index (χ0n) is 22.1. The van der Waals surface area contributed by atoms with Gasteiger partial charge in [-0.3, -0.25) is 9.89 Å². The van der Waals surface area contributed by atoms with Crippen molar-refractivity contribution >= 4 is 27.7 Å². The number of β-amino-alcohol motifs (C(OH)–C–C–N with tert-alkyl or cyclic N) is 1. The summed E-state index contributed by atoms with van der Waals surface area (Å²) in [4.78, 5) is 24.3. The second-order valence-corrected chi connectivity index (χ2v) is 9.79. The fourth-order valence-electron chi connectivity index (χ4n) is 4.98. The van der Waals surface area contributed by atoms with Crippen LogP contribution >= 0.6 is 0 Å². The van der Waals surface area contributed by atoms with E-state index in [-0.39, 0.29) is 12.2 Å². The number of benzene rings is 1. The van der Waals surface area contributed by atoms with E-state index in [2.05, 4.69) is 45.7 Å². The summed E-state index contributed by atoms with van der Waals surface area (Å²) in [6.45, 7) is 13.8. The Morgan fingerprint density at radius 3 is 2.78 bits per heavy atom. The van der Waals surface area contributed by atoms with Crippen LogP contribution in [0.3, 0.4) is 0 Å². The van der Waals surface area contributed by atoms with Crippen LogP contribution in [0.2, 0.25) is 0 Å². The van der Waals surface area contributed by atoms with Crippen molar-refractivity contribution in [3.8, 4) is 0 Å². The van der Waals surface area contributed by atoms with Gasteiger partial charge >= 0.3 is 5.63 Å². The van der Waals surface area contributed by atoms with Gasteiger partial charge in [0, 0.05) is 55.9 Å². The maximum Gasteiger partial charge on any atom is 0.344 e. The van der Waals surface area contributed by atoms with E-state index < -0.39 is 0 Å². The molecule has 2 aliphatic heterocycles. The standard InChI is InChI=1S/C29H38N4O3/c1-6-7-8-27-23(5)30-21(3)18-33(27)17-20(2)28-15-24-9-10-25(16-26(24)29(35)36-28)32-12-11-31(13-14-34)22(4)19-32/h8-10,15-18,22,34H,6-7,11-14,19H2,1-5H3/b20-17+,27-8+/t22-/m0/s1. The fourth-order valence-corrected chi connectivity index (χ4v) is 4.98. The molecular formula is C29H38N4O3. The zero-order valence-corrected chi connectivity index (χ0v) is 22.1. The molecule has 1 saturated heterocycles. The van der Waals surface area contributed by atoms with Crippen molar-refractivity contribution in [3.05, 3.63) is 70.3 Å². The molecule has 1 aromatic heterocycles. The topological polar surface area (TPSA) is 72.5 Å². The smallest absolute Gasteiger partial charge is 0.344 e. The van der Waals surface area contributed by atoms with Crippen molar-refractivity contribution in [1.29, 1.82) is 0 Å². The molecule has 0 aliphatic carbocycles. The van der Waals surface area contributed by atoms with Crippen molar-refractivity contribution in [2.45, 2.75) is 53.5 Å². The number of nitrogens with zero attached hydrogens (tertiary/aromatic N) is 4. The number of hydrogen-bond donors (Lipinski definition) is 1. The van der Waals surface area contributed by atoms with E-state index >= 15 is 0 Å². The van der Waals surface area contributed by atoms with Gasteiger partial charge in [0.25, 0.3) is 0 Å². The molecule has 0 saturated carbocycles. The van der Waals surface area contributed by atoms with Crippen LogP contribution in [-0.2, 0) is 0 Å². The molecule has 36 heavy (non-hydrogen) atoms. The number of fused-ring (bicyclic) bond motifs is 1. The van der Waals surface area contributed by atoms with E-state index in [0.29, 0.717) is 23.7 Å². The van der Waals surface area contributed by atoms with Gasteiger partial charge in [-0.15, -0.1) is 0 Å². The number of allylic oxidation sites excluding steroid dienone is 4. The summed E-state index contributed by atoms with van der Waals surface area (Å²) in [5, 5.41) is 10.7. The molecule has 1 atom stereocenters. The molecule has 192 valence electrons. The first-order valence-electron chi connectivity index (χ1n) is 12.9. The van der Waals surface area contributed by atoms with E-state index in [1.54, 1.807) is 0 Å². The maximum atomic E-state index is 13.0. The lowest BCUT2D eigenvalue weighted by atomic mass is 10.1. The minimum atomic E-state index is -0.325. The molecule has 2 aliphatic rings. The van der Waals surface area contributed by atoms with Crippen molar-refractivity contribution in [2.24, 2.45) is 4.99 Å². The number of hydrogen-bond acceptors (Lipinski definition) is 7.